The third kappa shape index (κ3) is 2.82. The van der Waals surface area contributed by atoms with Crippen molar-refractivity contribution in [3.63, 3.8) is 0 Å². The lowest BCUT2D eigenvalue weighted by atomic mass is 10.3. The summed E-state index contributed by atoms with van der Waals surface area (Å²) in [5.74, 6) is 0. The third-order valence-electron chi connectivity index (χ3n) is 2.65. The van der Waals surface area contributed by atoms with E-state index in [1.54, 1.807) is 6.07 Å². The Kier molecular flexibility index (Phi) is 3.29. The summed E-state index contributed by atoms with van der Waals surface area (Å²) in [6.07, 6.45) is 1.44. The van der Waals surface area contributed by atoms with E-state index in [2.05, 4.69) is 15.2 Å². The van der Waals surface area contributed by atoms with Crippen LogP contribution in [0.1, 0.15) is 5.69 Å². The first-order valence-corrected chi connectivity index (χ1v) is 6.73. The molecular weight excluding hydrogens is 228 g/mol. The minimum atomic E-state index is -3.58. The average Bonchev–Trinajstić information content (AvgIpc) is 2.67. The number of hydrogen-bond donors (Lipinski definition) is 3. The first-order valence-electron chi connectivity index (χ1n) is 5.19. The molecule has 1 aliphatic rings. The normalized spacial score (nSPS) is 18.8. The van der Waals surface area contributed by atoms with Crippen molar-refractivity contribution in [1.29, 1.82) is 0 Å². The van der Waals surface area contributed by atoms with Crippen molar-refractivity contribution in [2.45, 2.75) is 11.4 Å². The van der Waals surface area contributed by atoms with E-state index in [0.29, 0.717) is 0 Å². The van der Waals surface area contributed by atoms with Crippen molar-refractivity contribution in [2.75, 3.05) is 26.2 Å². The molecule has 0 atom stereocenters. The first kappa shape index (κ1) is 11.6. The molecule has 1 aromatic rings. The highest BCUT2D eigenvalue weighted by Crippen LogP contribution is 2.10. The molecule has 6 nitrogen and oxygen atoms in total. The van der Waals surface area contributed by atoms with Crippen LogP contribution in [0.5, 0.6) is 0 Å². The predicted molar refractivity (Wildman–Crippen MR) is 60.3 cm³/mol. The molecule has 1 aliphatic heterocycles. The van der Waals surface area contributed by atoms with E-state index in [1.165, 1.54) is 6.20 Å². The van der Waals surface area contributed by atoms with Crippen LogP contribution in [0.15, 0.2) is 17.2 Å². The van der Waals surface area contributed by atoms with E-state index in [-0.39, 0.29) is 4.90 Å². The zero-order valence-electron chi connectivity index (χ0n) is 8.94. The van der Waals surface area contributed by atoms with Gasteiger partial charge in [0.05, 0.1) is 4.90 Å². The average molecular weight is 244 g/mol. The van der Waals surface area contributed by atoms with Crippen LogP contribution < -0.4 is 10.5 Å². The van der Waals surface area contributed by atoms with Gasteiger partial charge in [-0.2, -0.15) is 0 Å². The van der Waals surface area contributed by atoms with Gasteiger partial charge in [-0.3, -0.25) is 4.90 Å². The van der Waals surface area contributed by atoms with Crippen LogP contribution in [0.2, 0.25) is 0 Å². The Labute approximate surface area is 94.9 Å². The highest BCUT2D eigenvalue weighted by atomic mass is 32.2. The molecule has 90 valence electrons. The lowest BCUT2D eigenvalue weighted by Crippen LogP contribution is -2.42. The zero-order valence-corrected chi connectivity index (χ0v) is 9.76. The van der Waals surface area contributed by atoms with E-state index in [0.717, 1.165) is 38.4 Å². The fraction of sp³-hybridized carbons (Fsp3) is 0.556. The molecule has 0 aromatic carbocycles. The van der Waals surface area contributed by atoms with Gasteiger partial charge >= 0.3 is 0 Å². The molecule has 2 rings (SSSR count). The first-order chi connectivity index (χ1) is 7.55. The van der Waals surface area contributed by atoms with Crippen molar-refractivity contribution in [3.8, 4) is 0 Å². The van der Waals surface area contributed by atoms with Crippen LogP contribution in [0.4, 0.5) is 0 Å². The number of nitrogens with one attached hydrogen (secondary N) is 2. The van der Waals surface area contributed by atoms with E-state index in [1.807, 2.05) is 0 Å². The fourth-order valence-corrected chi connectivity index (χ4v) is 2.31. The summed E-state index contributed by atoms with van der Waals surface area (Å²) in [5, 5.41) is 8.29. The maximum atomic E-state index is 11.1. The highest BCUT2D eigenvalue weighted by Gasteiger charge is 2.14. The standard InChI is InChI=1S/C9H16N4O2S/c10-16(14,15)9-5-8(12-6-9)7-13-3-1-11-2-4-13/h5-6,11-12H,1-4,7H2,(H2,10,14,15). The monoisotopic (exact) mass is 244 g/mol. The largest absolute Gasteiger partial charge is 0.363 e. The van der Waals surface area contributed by atoms with Crippen molar-refractivity contribution < 1.29 is 8.42 Å². The second-order valence-corrected chi connectivity index (χ2v) is 5.49. The summed E-state index contributed by atoms with van der Waals surface area (Å²) in [6, 6.07) is 1.59. The lowest BCUT2D eigenvalue weighted by Gasteiger charge is -2.26. The minimum absolute atomic E-state index is 0.151. The zero-order chi connectivity index (χ0) is 11.6. The van der Waals surface area contributed by atoms with Gasteiger partial charge in [-0.25, -0.2) is 13.6 Å². The van der Waals surface area contributed by atoms with Crippen molar-refractivity contribution in [1.82, 2.24) is 15.2 Å². The second-order valence-electron chi connectivity index (χ2n) is 3.93. The summed E-state index contributed by atoms with van der Waals surface area (Å²) in [4.78, 5) is 5.35. The molecule has 1 aromatic heterocycles. The summed E-state index contributed by atoms with van der Waals surface area (Å²) in [7, 11) is -3.58. The molecule has 0 amide bonds. The van der Waals surface area contributed by atoms with Gasteiger partial charge in [-0.1, -0.05) is 0 Å². The minimum Gasteiger partial charge on any atom is -0.363 e. The van der Waals surface area contributed by atoms with Crippen LogP contribution in [-0.2, 0) is 16.6 Å². The van der Waals surface area contributed by atoms with Crippen LogP contribution in [0.25, 0.3) is 0 Å². The molecule has 7 heteroatoms. The van der Waals surface area contributed by atoms with Crippen molar-refractivity contribution in [3.05, 3.63) is 18.0 Å². The molecule has 1 saturated heterocycles. The molecule has 1 fully saturated rings. The molecule has 0 bridgehead atoms. The number of hydrogen-bond acceptors (Lipinski definition) is 4. The van der Waals surface area contributed by atoms with E-state index in [9.17, 15) is 8.42 Å². The molecule has 0 spiro atoms. The number of aromatic amines is 1. The van der Waals surface area contributed by atoms with Gasteiger partial charge < -0.3 is 10.3 Å². The summed E-state index contributed by atoms with van der Waals surface area (Å²) < 4.78 is 22.1. The lowest BCUT2D eigenvalue weighted by molar-refractivity contribution is 0.231. The SMILES string of the molecule is NS(=O)(=O)c1c[nH]c(CN2CCNCC2)c1. The third-order valence-corrected chi connectivity index (χ3v) is 3.54. The Morgan fingerprint density at radius 1 is 1.38 bits per heavy atom. The number of aromatic nitrogens is 1. The van der Waals surface area contributed by atoms with E-state index in [4.69, 9.17) is 5.14 Å². The van der Waals surface area contributed by atoms with E-state index < -0.39 is 10.0 Å². The maximum Gasteiger partial charge on any atom is 0.239 e. The number of rotatable bonds is 3. The van der Waals surface area contributed by atoms with Gasteiger partial charge in [0.1, 0.15) is 0 Å². The summed E-state index contributed by atoms with van der Waals surface area (Å²) in [5.41, 5.74) is 0.880. The Balaban J connectivity index is 2.02. The molecule has 4 N–H and O–H groups in total. The molecule has 16 heavy (non-hydrogen) atoms. The number of nitrogens with zero attached hydrogens (tertiary/aromatic N) is 1. The Morgan fingerprint density at radius 2 is 2.06 bits per heavy atom. The molecule has 0 unspecified atom stereocenters. The van der Waals surface area contributed by atoms with Gasteiger partial charge in [0.2, 0.25) is 10.0 Å². The van der Waals surface area contributed by atoms with Gasteiger partial charge in [0.25, 0.3) is 0 Å². The predicted octanol–water partition coefficient (Wildman–Crippen LogP) is -0.933. The van der Waals surface area contributed by atoms with Gasteiger partial charge in [-0.15, -0.1) is 0 Å². The van der Waals surface area contributed by atoms with Gasteiger partial charge in [-0.05, 0) is 6.07 Å². The molecule has 2 heterocycles. The molecule has 0 aliphatic carbocycles. The van der Waals surface area contributed by atoms with Crippen LogP contribution >= 0.6 is 0 Å². The molecule has 0 saturated carbocycles. The number of sulfonamides is 1. The van der Waals surface area contributed by atoms with Crippen molar-refractivity contribution >= 4 is 10.0 Å². The quantitative estimate of drug-likeness (QED) is 0.640. The second kappa shape index (κ2) is 4.54. The summed E-state index contributed by atoms with van der Waals surface area (Å²) >= 11 is 0. The molecular formula is C9H16N4O2S. The van der Waals surface area contributed by atoms with Crippen LogP contribution in [-0.4, -0.2) is 44.5 Å². The van der Waals surface area contributed by atoms with Crippen molar-refractivity contribution in [2.24, 2.45) is 5.14 Å². The number of nitrogens with two attached hydrogens (primary N) is 1. The molecule has 0 radical (unpaired) electrons. The fourth-order valence-electron chi connectivity index (χ4n) is 1.78. The summed E-state index contributed by atoms with van der Waals surface area (Å²) in [6.45, 7) is 4.64. The van der Waals surface area contributed by atoms with Gasteiger partial charge in [0.15, 0.2) is 0 Å². The van der Waals surface area contributed by atoms with Crippen LogP contribution in [0.3, 0.4) is 0 Å². The number of primary sulfonamides is 1. The Bertz CT molecular complexity index is 448. The number of H-pyrrole nitrogens is 1. The van der Waals surface area contributed by atoms with Gasteiger partial charge in [0, 0.05) is 44.6 Å². The topological polar surface area (TPSA) is 91.2 Å². The maximum absolute atomic E-state index is 11.1. The number of piperazine rings is 1. The smallest absolute Gasteiger partial charge is 0.239 e. The Morgan fingerprint density at radius 3 is 2.62 bits per heavy atom. The highest BCUT2D eigenvalue weighted by molar-refractivity contribution is 7.89. The van der Waals surface area contributed by atoms with Crippen LogP contribution in [0, 0.1) is 0 Å². The van der Waals surface area contributed by atoms with E-state index >= 15 is 0 Å². The Hall–Kier alpha value is -0.890.